The number of nitro benzene ring substituents is 1. The van der Waals surface area contributed by atoms with E-state index in [0.29, 0.717) is 17.0 Å². The second-order valence-corrected chi connectivity index (χ2v) is 5.99. The third-order valence-electron chi connectivity index (χ3n) is 4.50. The van der Waals surface area contributed by atoms with E-state index in [1.807, 2.05) is 0 Å². The molecule has 114 valence electrons. The normalized spacial score (nSPS) is 21.2. The number of phenolic OH excluding ortho intramolecular Hbond substituents is 1. The SMILES string of the molecule is Cc1ccc([N+](=O)[O-])c([C@@H](C2CC2)N2CCNCC2)c1O. The largest absolute Gasteiger partial charge is 0.507 e. The van der Waals surface area contributed by atoms with Crippen molar-refractivity contribution in [2.45, 2.75) is 25.8 Å². The number of benzene rings is 1. The lowest BCUT2D eigenvalue weighted by atomic mass is 9.95. The lowest BCUT2D eigenvalue weighted by Gasteiger charge is -2.35. The first-order valence-corrected chi connectivity index (χ1v) is 7.51. The summed E-state index contributed by atoms with van der Waals surface area (Å²) in [6.07, 6.45) is 2.16. The molecule has 6 nitrogen and oxygen atoms in total. The summed E-state index contributed by atoms with van der Waals surface area (Å²) >= 11 is 0. The quantitative estimate of drug-likeness (QED) is 0.655. The van der Waals surface area contributed by atoms with Gasteiger partial charge in [0.2, 0.25) is 0 Å². The number of nitrogens with one attached hydrogen (secondary N) is 1. The first-order valence-electron chi connectivity index (χ1n) is 7.51. The molecule has 3 rings (SSSR count). The van der Waals surface area contributed by atoms with E-state index in [9.17, 15) is 15.2 Å². The Labute approximate surface area is 123 Å². The van der Waals surface area contributed by atoms with Crippen LogP contribution in [0.1, 0.15) is 30.0 Å². The average molecular weight is 291 g/mol. The number of hydrogen-bond donors (Lipinski definition) is 2. The highest BCUT2D eigenvalue weighted by atomic mass is 16.6. The van der Waals surface area contributed by atoms with Crippen LogP contribution in [0.15, 0.2) is 12.1 Å². The van der Waals surface area contributed by atoms with Crippen LogP contribution in [-0.2, 0) is 0 Å². The van der Waals surface area contributed by atoms with E-state index in [1.165, 1.54) is 6.07 Å². The Morgan fingerprint density at radius 1 is 1.38 bits per heavy atom. The first kappa shape index (κ1) is 14.3. The van der Waals surface area contributed by atoms with Crippen LogP contribution in [0.4, 0.5) is 5.69 Å². The van der Waals surface area contributed by atoms with Crippen molar-refractivity contribution in [1.82, 2.24) is 10.2 Å². The molecule has 0 aromatic heterocycles. The summed E-state index contributed by atoms with van der Waals surface area (Å²) in [5.74, 6) is 0.522. The van der Waals surface area contributed by atoms with Crippen LogP contribution in [0.2, 0.25) is 0 Å². The summed E-state index contributed by atoms with van der Waals surface area (Å²) in [4.78, 5) is 13.3. The zero-order chi connectivity index (χ0) is 15.0. The predicted octanol–water partition coefficient (Wildman–Crippen LogP) is 1.97. The minimum absolute atomic E-state index is 0.0348. The molecule has 0 spiro atoms. The molecule has 1 aliphatic heterocycles. The van der Waals surface area contributed by atoms with E-state index < -0.39 is 0 Å². The molecule has 0 unspecified atom stereocenters. The molecule has 1 atom stereocenters. The molecule has 6 heteroatoms. The molecule has 0 bridgehead atoms. The fourth-order valence-electron chi connectivity index (χ4n) is 3.25. The molecule has 1 aromatic carbocycles. The van der Waals surface area contributed by atoms with Gasteiger partial charge in [-0.25, -0.2) is 0 Å². The molecule has 0 amide bonds. The molecule has 2 aliphatic rings. The van der Waals surface area contributed by atoms with Crippen molar-refractivity contribution in [3.63, 3.8) is 0 Å². The highest BCUT2D eigenvalue weighted by Gasteiger charge is 2.41. The third kappa shape index (κ3) is 2.73. The van der Waals surface area contributed by atoms with Crippen LogP contribution in [0.25, 0.3) is 0 Å². The van der Waals surface area contributed by atoms with E-state index >= 15 is 0 Å². The van der Waals surface area contributed by atoms with Crippen LogP contribution < -0.4 is 5.32 Å². The van der Waals surface area contributed by atoms with E-state index in [2.05, 4.69) is 10.2 Å². The van der Waals surface area contributed by atoms with Crippen molar-refractivity contribution < 1.29 is 10.0 Å². The third-order valence-corrected chi connectivity index (χ3v) is 4.50. The fourth-order valence-corrected chi connectivity index (χ4v) is 3.25. The van der Waals surface area contributed by atoms with Gasteiger partial charge in [-0.15, -0.1) is 0 Å². The number of aryl methyl sites for hydroxylation is 1. The Morgan fingerprint density at radius 3 is 2.62 bits per heavy atom. The van der Waals surface area contributed by atoms with Gasteiger partial charge in [0.15, 0.2) is 0 Å². The molecule has 1 aliphatic carbocycles. The van der Waals surface area contributed by atoms with Crippen molar-refractivity contribution in [2.24, 2.45) is 5.92 Å². The topological polar surface area (TPSA) is 78.6 Å². The van der Waals surface area contributed by atoms with Crippen LogP contribution >= 0.6 is 0 Å². The fraction of sp³-hybridized carbons (Fsp3) is 0.600. The zero-order valence-electron chi connectivity index (χ0n) is 12.2. The second kappa shape index (κ2) is 5.61. The van der Waals surface area contributed by atoms with Gasteiger partial charge in [0.05, 0.1) is 10.5 Å². The maximum Gasteiger partial charge on any atom is 0.277 e. The Balaban J connectivity index is 2.05. The van der Waals surface area contributed by atoms with Crippen molar-refractivity contribution in [3.8, 4) is 5.75 Å². The average Bonchev–Trinajstić information content (AvgIpc) is 3.29. The van der Waals surface area contributed by atoms with Crippen molar-refractivity contribution >= 4 is 5.69 Å². The monoisotopic (exact) mass is 291 g/mol. The summed E-state index contributed by atoms with van der Waals surface area (Å²) in [5, 5.41) is 25.1. The van der Waals surface area contributed by atoms with Gasteiger partial charge in [-0.05, 0) is 37.3 Å². The highest BCUT2D eigenvalue weighted by molar-refractivity contribution is 5.55. The highest BCUT2D eigenvalue weighted by Crippen LogP contribution is 2.50. The van der Waals surface area contributed by atoms with E-state index in [1.54, 1.807) is 13.0 Å². The molecule has 1 aromatic rings. The van der Waals surface area contributed by atoms with E-state index in [0.717, 1.165) is 39.0 Å². The van der Waals surface area contributed by atoms with Gasteiger partial charge in [0, 0.05) is 38.3 Å². The Bertz CT molecular complexity index is 551. The maximum absolute atomic E-state index is 11.4. The van der Waals surface area contributed by atoms with Gasteiger partial charge < -0.3 is 10.4 Å². The Kier molecular flexibility index (Phi) is 3.82. The lowest BCUT2D eigenvalue weighted by Crippen LogP contribution is -2.45. The number of nitrogens with zero attached hydrogens (tertiary/aromatic N) is 2. The molecule has 1 heterocycles. The Hall–Kier alpha value is -1.66. The van der Waals surface area contributed by atoms with Crippen LogP contribution in [0, 0.1) is 23.0 Å². The second-order valence-electron chi connectivity index (χ2n) is 5.99. The predicted molar refractivity (Wildman–Crippen MR) is 79.4 cm³/mol. The Morgan fingerprint density at radius 2 is 2.05 bits per heavy atom. The van der Waals surface area contributed by atoms with Gasteiger partial charge in [0.25, 0.3) is 5.69 Å². The zero-order valence-corrected chi connectivity index (χ0v) is 12.2. The summed E-state index contributed by atoms with van der Waals surface area (Å²) in [6, 6.07) is 3.12. The number of rotatable bonds is 4. The molecule has 1 saturated carbocycles. The molecular weight excluding hydrogens is 270 g/mol. The van der Waals surface area contributed by atoms with Crippen LogP contribution in [0.5, 0.6) is 5.75 Å². The van der Waals surface area contributed by atoms with E-state index in [4.69, 9.17) is 0 Å². The van der Waals surface area contributed by atoms with Crippen molar-refractivity contribution in [1.29, 1.82) is 0 Å². The van der Waals surface area contributed by atoms with Crippen molar-refractivity contribution in [2.75, 3.05) is 26.2 Å². The molecule has 1 saturated heterocycles. The molecule has 2 fully saturated rings. The number of hydrogen-bond acceptors (Lipinski definition) is 5. The van der Waals surface area contributed by atoms with Gasteiger partial charge in [-0.1, -0.05) is 0 Å². The first-order chi connectivity index (χ1) is 10.1. The number of piperazine rings is 1. The van der Waals surface area contributed by atoms with E-state index in [-0.39, 0.29) is 22.4 Å². The van der Waals surface area contributed by atoms with Gasteiger partial charge >= 0.3 is 0 Å². The smallest absolute Gasteiger partial charge is 0.277 e. The number of nitro groups is 1. The summed E-state index contributed by atoms with van der Waals surface area (Å²) in [6.45, 7) is 5.31. The standard InChI is InChI=1S/C15H21N3O3/c1-10-2-5-12(18(20)21)13(15(10)19)14(11-3-4-11)17-8-6-16-7-9-17/h2,5,11,14,16,19H,3-4,6-9H2,1H3/t14-/m1/s1. The molecule has 0 radical (unpaired) electrons. The van der Waals surface area contributed by atoms with Gasteiger partial charge in [-0.2, -0.15) is 0 Å². The lowest BCUT2D eigenvalue weighted by molar-refractivity contribution is -0.386. The summed E-state index contributed by atoms with van der Waals surface area (Å²) in [7, 11) is 0. The van der Waals surface area contributed by atoms with Gasteiger partial charge in [0.1, 0.15) is 5.75 Å². The van der Waals surface area contributed by atoms with Crippen LogP contribution in [0.3, 0.4) is 0 Å². The molecule has 21 heavy (non-hydrogen) atoms. The summed E-state index contributed by atoms with van der Waals surface area (Å²) < 4.78 is 0. The number of aromatic hydroxyl groups is 1. The van der Waals surface area contributed by atoms with Gasteiger partial charge in [-0.3, -0.25) is 15.0 Å². The molecular formula is C15H21N3O3. The number of phenols is 1. The minimum Gasteiger partial charge on any atom is -0.507 e. The van der Waals surface area contributed by atoms with Crippen molar-refractivity contribution in [3.05, 3.63) is 33.4 Å². The van der Waals surface area contributed by atoms with Crippen LogP contribution in [-0.4, -0.2) is 41.1 Å². The minimum atomic E-state index is -0.369. The maximum atomic E-state index is 11.4. The molecule has 2 N–H and O–H groups in total. The summed E-state index contributed by atoms with van der Waals surface area (Å²) in [5.41, 5.74) is 1.27.